The summed E-state index contributed by atoms with van der Waals surface area (Å²) < 4.78 is 30.6. The van der Waals surface area contributed by atoms with Crippen LogP contribution in [0.1, 0.15) is 27.8 Å². The third-order valence-corrected chi connectivity index (χ3v) is 6.26. The standard InChI is InChI=1S/C25H24N2O4S/c1-18-4-3-5-22(12-18)15-31-23-10-11-24(19(2)13-23)27-25(28)17-32(29,30)16-21-8-6-20(14-26)7-9-21/h3-13H,15-17H2,1-2H3,(H,27,28). The SMILES string of the molecule is Cc1cccc(COc2ccc(NC(=O)CS(=O)(=O)Cc3ccc(C#N)cc3)c(C)c2)c1. The van der Waals surface area contributed by atoms with E-state index in [9.17, 15) is 13.2 Å². The number of carbonyl (C=O) groups is 1. The van der Waals surface area contributed by atoms with Crippen molar-refractivity contribution in [1.82, 2.24) is 0 Å². The van der Waals surface area contributed by atoms with Gasteiger partial charge in [0.2, 0.25) is 5.91 Å². The molecule has 3 aromatic carbocycles. The van der Waals surface area contributed by atoms with Gasteiger partial charge in [0.25, 0.3) is 0 Å². The maximum absolute atomic E-state index is 12.4. The van der Waals surface area contributed by atoms with E-state index in [2.05, 4.69) is 11.4 Å². The average Bonchev–Trinajstić information content (AvgIpc) is 2.74. The molecule has 32 heavy (non-hydrogen) atoms. The predicted molar refractivity (Wildman–Crippen MR) is 124 cm³/mol. The fraction of sp³-hybridized carbons (Fsp3) is 0.200. The van der Waals surface area contributed by atoms with Crippen molar-refractivity contribution in [3.8, 4) is 11.8 Å². The summed E-state index contributed by atoms with van der Waals surface area (Å²) in [4.78, 5) is 12.3. The van der Waals surface area contributed by atoms with Gasteiger partial charge in [-0.25, -0.2) is 8.42 Å². The number of nitrogens with one attached hydrogen (secondary N) is 1. The van der Waals surface area contributed by atoms with E-state index in [4.69, 9.17) is 10.00 Å². The number of sulfone groups is 1. The number of rotatable bonds is 8. The lowest BCUT2D eigenvalue weighted by atomic mass is 10.1. The van der Waals surface area contributed by atoms with Crippen molar-refractivity contribution in [3.63, 3.8) is 0 Å². The zero-order chi connectivity index (χ0) is 23.1. The summed E-state index contributed by atoms with van der Waals surface area (Å²) in [6.07, 6.45) is 0. The van der Waals surface area contributed by atoms with Crippen LogP contribution in [0.25, 0.3) is 0 Å². The van der Waals surface area contributed by atoms with Crippen molar-refractivity contribution < 1.29 is 17.9 Å². The monoisotopic (exact) mass is 448 g/mol. The number of benzene rings is 3. The molecule has 0 aliphatic carbocycles. The van der Waals surface area contributed by atoms with Gasteiger partial charge in [0.15, 0.2) is 9.84 Å². The van der Waals surface area contributed by atoms with E-state index in [1.807, 2.05) is 38.1 Å². The highest BCUT2D eigenvalue weighted by molar-refractivity contribution is 7.91. The molecule has 0 spiro atoms. The topological polar surface area (TPSA) is 96.3 Å². The Bertz CT molecular complexity index is 1260. The first-order valence-electron chi connectivity index (χ1n) is 10.0. The van der Waals surface area contributed by atoms with Crippen LogP contribution in [-0.2, 0) is 27.0 Å². The average molecular weight is 449 g/mol. The van der Waals surface area contributed by atoms with E-state index in [1.54, 1.807) is 42.5 Å². The number of carbonyl (C=O) groups excluding carboxylic acids is 1. The number of hydrogen-bond acceptors (Lipinski definition) is 5. The van der Waals surface area contributed by atoms with Gasteiger partial charge >= 0.3 is 0 Å². The molecule has 0 bridgehead atoms. The molecule has 0 fully saturated rings. The van der Waals surface area contributed by atoms with Crippen LogP contribution in [0.3, 0.4) is 0 Å². The predicted octanol–water partition coefficient (Wildman–Crippen LogP) is 4.31. The Morgan fingerprint density at radius 3 is 2.41 bits per heavy atom. The first-order chi connectivity index (χ1) is 15.2. The van der Waals surface area contributed by atoms with Crippen molar-refractivity contribution >= 4 is 21.4 Å². The molecule has 3 aromatic rings. The Morgan fingerprint density at radius 1 is 1.00 bits per heavy atom. The molecule has 0 heterocycles. The highest BCUT2D eigenvalue weighted by Crippen LogP contribution is 2.22. The van der Waals surface area contributed by atoms with Crippen LogP contribution in [0.5, 0.6) is 5.75 Å². The fourth-order valence-electron chi connectivity index (χ4n) is 3.20. The van der Waals surface area contributed by atoms with E-state index >= 15 is 0 Å². The van der Waals surface area contributed by atoms with Crippen LogP contribution in [0.2, 0.25) is 0 Å². The smallest absolute Gasteiger partial charge is 0.239 e. The Morgan fingerprint density at radius 2 is 1.75 bits per heavy atom. The minimum Gasteiger partial charge on any atom is -0.489 e. The normalized spacial score (nSPS) is 10.9. The largest absolute Gasteiger partial charge is 0.489 e. The molecule has 0 saturated carbocycles. The molecule has 0 radical (unpaired) electrons. The van der Waals surface area contributed by atoms with Crippen molar-refractivity contribution in [2.45, 2.75) is 26.2 Å². The number of aryl methyl sites for hydroxylation is 2. The Balaban J connectivity index is 1.57. The summed E-state index contributed by atoms with van der Waals surface area (Å²) >= 11 is 0. The quantitative estimate of drug-likeness (QED) is 0.554. The second kappa shape index (κ2) is 10.1. The lowest BCUT2D eigenvalue weighted by Gasteiger charge is -2.12. The van der Waals surface area contributed by atoms with Gasteiger partial charge in [0, 0.05) is 5.69 Å². The summed E-state index contributed by atoms with van der Waals surface area (Å²) in [6, 6.07) is 21.5. The lowest BCUT2D eigenvalue weighted by molar-refractivity contribution is -0.113. The Hall–Kier alpha value is -3.63. The molecule has 1 N–H and O–H groups in total. The minimum absolute atomic E-state index is 0.267. The van der Waals surface area contributed by atoms with Crippen LogP contribution >= 0.6 is 0 Å². The molecule has 0 atom stereocenters. The molecule has 7 heteroatoms. The van der Waals surface area contributed by atoms with Gasteiger partial charge in [-0.1, -0.05) is 42.0 Å². The molecular formula is C25H24N2O4S. The van der Waals surface area contributed by atoms with Gasteiger partial charge in [-0.3, -0.25) is 4.79 Å². The number of nitriles is 1. The van der Waals surface area contributed by atoms with E-state index < -0.39 is 21.5 Å². The summed E-state index contributed by atoms with van der Waals surface area (Å²) in [5.41, 5.74) is 4.51. The van der Waals surface area contributed by atoms with Crippen molar-refractivity contribution in [2.75, 3.05) is 11.1 Å². The number of nitrogens with zero attached hydrogens (tertiary/aromatic N) is 1. The maximum Gasteiger partial charge on any atom is 0.239 e. The van der Waals surface area contributed by atoms with Gasteiger partial charge in [-0.05, 0) is 60.9 Å². The fourth-order valence-corrected chi connectivity index (χ4v) is 4.48. The van der Waals surface area contributed by atoms with Gasteiger partial charge in [0.05, 0.1) is 17.4 Å². The first-order valence-corrected chi connectivity index (χ1v) is 11.8. The molecule has 0 aliphatic heterocycles. The van der Waals surface area contributed by atoms with Crippen LogP contribution in [0.15, 0.2) is 66.7 Å². The van der Waals surface area contributed by atoms with Gasteiger partial charge < -0.3 is 10.1 Å². The number of hydrogen-bond donors (Lipinski definition) is 1. The second-order valence-corrected chi connectivity index (χ2v) is 9.71. The number of ether oxygens (including phenoxy) is 1. The van der Waals surface area contributed by atoms with Crippen molar-refractivity contribution in [3.05, 3.63) is 94.5 Å². The maximum atomic E-state index is 12.4. The third kappa shape index (κ3) is 6.69. The van der Waals surface area contributed by atoms with Gasteiger partial charge in [-0.15, -0.1) is 0 Å². The molecule has 3 rings (SSSR count). The number of amides is 1. The Kier molecular flexibility index (Phi) is 7.29. The van der Waals surface area contributed by atoms with E-state index in [-0.39, 0.29) is 5.75 Å². The van der Waals surface area contributed by atoms with Crippen molar-refractivity contribution in [1.29, 1.82) is 5.26 Å². The first kappa shape index (κ1) is 23.0. The highest BCUT2D eigenvalue weighted by Gasteiger charge is 2.18. The van der Waals surface area contributed by atoms with Crippen LogP contribution in [0, 0.1) is 25.2 Å². The zero-order valence-electron chi connectivity index (χ0n) is 18.0. The van der Waals surface area contributed by atoms with Crippen LogP contribution in [0.4, 0.5) is 5.69 Å². The molecule has 0 saturated heterocycles. The summed E-state index contributed by atoms with van der Waals surface area (Å²) in [7, 11) is -3.66. The van der Waals surface area contributed by atoms with E-state index in [0.717, 1.165) is 16.7 Å². The minimum atomic E-state index is -3.66. The zero-order valence-corrected chi connectivity index (χ0v) is 18.8. The molecule has 1 amide bonds. The molecule has 0 aromatic heterocycles. The molecule has 0 unspecified atom stereocenters. The summed E-state index contributed by atoms with van der Waals surface area (Å²) in [5.74, 6) is -0.833. The highest BCUT2D eigenvalue weighted by atomic mass is 32.2. The Labute approximate surface area is 188 Å². The molecule has 6 nitrogen and oxygen atoms in total. The lowest BCUT2D eigenvalue weighted by Crippen LogP contribution is -2.24. The summed E-state index contributed by atoms with van der Waals surface area (Å²) in [6.45, 7) is 4.27. The molecular weight excluding hydrogens is 424 g/mol. The van der Waals surface area contributed by atoms with Crippen molar-refractivity contribution in [2.24, 2.45) is 0 Å². The second-order valence-electron chi connectivity index (χ2n) is 7.64. The van der Waals surface area contributed by atoms with Gasteiger partial charge in [-0.2, -0.15) is 5.26 Å². The summed E-state index contributed by atoms with van der Waals surface area (Å²) in [5, 5.41) is 11.5. The van der Waals surface area contributed by atoms with E-state index in [0.29, 0.717) is 29.2 Å². The molecule has 0 aliphatic rings. The van der Waals surface area contributed by atoms with Gasteiger partial charge in [0.1, 0.15) is 18.1 Å². The third-order valence-electron chi connectivity index (χ3n) is 4.78. The van der Waals surface area contributed by atoms with E-state index in [1.165, 1.54) is 0 Å². The van der Waals surface area contributed by atoms with Crippen LogP contribution in [-0.4, -0.2) is 20.1 Å². The number of anilines is 1. The van der Waals surface area contributed by atoms with Crippen LogP contribution < -0.4 is 10.1 Å². The molecule has 164 valence electrons.